The molecule has 1 saturated heterocycles. The van der Waals surface area contributed by atoms with Gasteiger partial charge in [-0.15, -0.1) is 12.4 Å². The largest absolute Gasteiger partial charge is 0.492 e. The van der Waals surface area contributed by atoms with E-state index in [1.807, 2.05) is 24.3 Å². The highest BCUT2D eigenvalue weighted by molar-refractivity contribution is 9.10. The lowest BCUT2D eigenvalue weighted by atomic mass is 9.92. The minimum Gasteiger partial charge on any atom is -0.492 e. The Morgan fingerprint density at radius 2 is 2.00 bits per heavy atom. The molecule has 22 heavy (non-hydrogen) atoms. The third-order valence-electron chi connectivity index (χ3n) is 4.59. The van der Waals surface area contributed by atoms with Crippen molar-refractivity contribution in [1.29, 1.82) is 0 Å². The number of piperidine rings is 1. The van der Waals surface area contributed by atoms with Gasteiger partial charge in [-0.05, 0) is 62.0 Å². The minimum absolute atomic E-state index is 0. The minimum atomic E-state index is 0. The van der Waals surface area contributed by atoms with Crippen LogP contribution in [-0.2, 0) is 4.79 Å². The SMILES string of the molecule is Cl.O=C(NCCOc1ccc(Br)cc1)C1CC12CCNCC2. The van der Waals surface area contributed by atoms with Crippen molar-refractivity contribution in [3.63, 3.8) is 0 Å². The van der Waals surface area contributed by atoms with Crippen LogP contribution >= 0.6 is 28.3 Å². The summed E-state index contributed by atoms with van der Waals surface area (Å²) in [6, 6.07) is 7.71. The topological polar surface area (TPSA) is 50.4 Å². The summed E-state index contributed by atoms with van der Waals surface area (Å²) in [6.07, 6.45) is 3.34. The number of hydrogen-bond donors (Lipinski definition) is 2. The molecule has 1 aliphatic heterocycles. The first-order valence-corrected chi connectivity index (χ1v) is 8.36. The van der Waals surface area contributed by atoms with Gasteiger partial charge < -0.3 is 15.4 Å². The molecule has 2 fully saturated rings. The van der Waals surface area contributed by atoms with Crippen LogP contribution in [-0.4, -0.2) is 32.1 Å². The van der Waals surface area contributed by atoms with Gasteiger partial charge in [-0.2, -0.15) is 0 Å². The molecule has 1 atom stereocenters. The molecule has 2 N–H and O–H groups in total. The summed E-state index contributed by atoms with van der Waals surface area (Å²) >= 11 is 3.39. The average molecular weight is 390 g/mol. The number of nitrogens with one attached hydrogen (secondary N) is 2. The zero-order valence-corrected chi connectivity index (χ0v) is 14.8. The number of rotatable bonds is 5. The highest BCUT2D eigenvalue weighted by Gasteiger charge is 2.57. The molecule has 1 saturated carbocycles. The first-order chi connectivity index (χ1) is 10.2. The molecular formula is C16H22BrClN2O2. The number of halogens is 2. The summed E-state index contributed by atoms with van der Waals surface area (Å²) < 4.78 is 6.63. The number of benzene rings is 1. The Balaban J connectivity index is 0.00000176. The van der Waals surface area contributed by atoms with Gasteiger partial charge in [0, 0.05) is 10.4 Å². The van der Waals surface area contributed by atoms with E-state index in [2.05, 4.69) is 26.6 Å². The summed E-state index contributed by atoms with van der Waals surface area (Å²) in [6.45, 7) is 3.18. The van der Waals surface area contributed by atoms with Crippen LogP contribution in [0.5, 0.6) is 5.75 Å². The van der Waals surface area contributed by atoms with E-state index in [1.54, 1.807) is 0 Å². The van der Waals surface area contributed by atoms with Crippen LogP contribution in [0.15, 0.2) is 28.7 Å². The fourth-order valence-corrected chi connectivity index (χ4v) is 3.46. The second kappa shape index (κ2) is 7.66. The Labute approximate surface area is 145 Å². The second-order valence-corrected chi connectivity index (χ2v) is 6.88. The van der Waals surface area contributed by atoms with Crippen molar-refractivity contribution in [3.05, 3.63) is 28.7 Å². The van der Waals surface area contributed by atoms with E-state index in [-0.39, 0.29) is 24.2 Å². The highest BCUT2D eigenvalue weighted by atomic mass is 79.9. The molecule has 0 aromatic heterocycles. The third kappa shape index (κ3) is 4.15. The Bertz CT molecular complexity index is 503. The van der Waals surface area contributed by atoms with Crippen LogP contribution < -0.4 is 15.4 Å². The Morgan fingerprint density at radius 3 is 2.68 bits per heavy atom. The molecule has 0 radical (unpaired) electrons. The average Bonchev–Trinajstić information content (AvgIpc) is 3.19. The molecule has 1 spiro atoms. The smallest absolute Gasteiger partial charge is 0.223 e. The van der Waals surface area contributed by atoms with Crippen LogP contribution in [0.4, 0.5) is 0 Å². The van der Waals surface area contributed by atoms with Gasteiger partial charge in [0.25, 0.3) is 0 Å². The summed E-state index contributed by atoms with van der Waals surface area (Å²) in [4.78, 5) is 12.1. The first kappa shape index (κ1) is 17.6. The van der Waals surface area contributed by atoms with E-state index in [0.717, 1.165) is 42.6 Å². The van der Waals surface area contributed by atoms with Crippen LogP contribution in [0.3, 0.4) is 0 Å². The molecule has 1 aliphatic carbocycles. The molecule has 4 nitrogen and oxygen atoms in total. The maximum Gasteiger partial charge on any atom is 0.223 e. The van der Waals surface area contributed by atoms with Crippen LogP contribution in [0.2, 0.25) is 0 Å². The van der Waals surface area contributed by atoms with Crippen molar-refractivity contribution >= 4 is 34.2 Å². The molecule has 1 heterocycles. The van der Waals surface area contributed by atoms with E-state index in [9.17, 15) is 4.79 Å². The van der Waals surface area contributed by atoms with Crippen molar-refractivity contribution in [2.24, 2.45) is 11.3 Å². The summed E-state index contributed by atoms with van der Waals surface area (Å²) in [5.41, 5.74) is 0.307. The predicted molar refractivity (Wildman–Crippen MR) is 92.5 cm³/mol. The zero-order chi connectivity index (χ0) is 14.7. The van der Waals surface area contributed by atoms with Crippen LogP contribution in [0, 0.1) is 11.3 Å². The van der Waals surface area contributed by atoms with Gasteiger partial charge in [-0.25, -0.2) is 0 Å². The number of hydrogen-bond acceptors (Lipinski definition) is 3. The fraction of sp³-hybridized carbons (Fsp3) is 0.562. The van der Waals surface area contributed by atoms with Gasteiger partial charge in [0.2, 0.25) is 5.91 Å². The molecule has 3 rings (SSSR count). The molecule has 6 heteroatoms. The molecule has 1 aromatic rings. The number of amides is 1. The monoisotopic (exact) mass is 388 g/mol. The lowest BCUT2D eigenvalue weighted by molar-refractivity contribution is -0.123. The summed E-state index contributed by atoms with van der Waals surface area (Å²) in [7, 11) is 0. The van der Waals surface area contributed by atoms with Gasteiger partial charge >= 0.3 is 0 Å². The molecule has 1 unspecified atom stereocenters. The predicted octanol–water partition coefficient (Wildman–Crippen LogP) is 2.76. The number of carbonyl (C=O) groups excluding carboxylic acids is 1. The van der Waals surface area contributed by atoms with Gasteiger partial charge in [0.15, 0.2) is 0 Å². The molecular weight excluding hydrogens is 368 g/mol. The molecule has 122 valence electrons. The standard InChI is InChI=1S/C16H21BrN2O2.ClH/c17-12-1-3-13(4-2-12)21-10-9-19-15(20)14-11-16(14)5-7-18-8-6-16;/h1-4,14,18H,5-11H2,(H,19,20);1H. The quantitative estimate of drug-likeness (QED) is 0.761. The van der Waals surface area contributed by atoms with Gasteiger partial charge in [0.05, 0.1) is 6.54 Å². The number of carbonyl (C=O) groups is 1. The van der Waals surface area contributed by atoms with Crippen molar-refractivity contribution in [3.8, 4) is 5.75 Å². The van der Waals surface area contributed by atoms with Crippen molar-refractivity contribution in [2.45, 2.75) is 19.3 Å². The van der Waals surface area contributed by atoms with Crippen LogP contribution in [0.1, 0.15) is 19.3 Å². The molecule has 0 bridgehead atoms. The summed E-state index contributed by atoms with van der Waals surface area (Å²) in [5.74, 6) is 1.26. The lowest BCUT2D eigenvalue weighted by Crippen LogP contribution is -2.35. The maximum atomic E-state index is 12.1. The molecule has 1 aromatic carbocycles. The number of ether oxygens (including phenoxy) is 1. The van der Waals surface area contributed by atoms with E-state index >= 15 is 0 Å². The third-order valence-corrected chi connectivity index (χ3v) is 5.12. The van der Waals surface area contributed by atoms with E-state index < -0.39 is 0 Å². The van der Waals surface area contributed by atoms with Crippen LogP contribution in [0.25, 0.3) is 0 Å². The Kier molecular flexibility index (Phi) is 6.12. The van der Waals surface area contributed by atoms with E-state index in [4.69, 9.17) is 4.74 Å². The summed E-state index contributed by atoms with van der Waals surface area (Å²) in [5, 5.41) is 6.36. The van der Waals surface area contributed by atoms with Crippen molar-refractivity contribution in [2.75, 3.05) is 26.2 Å². The fourth-order valence-electron chi connectivity index (χ4n) is 3.19. The van der Waals surface area contributed by atoms with Crippen molar-refractivity contribution < 1.29 is 9.53 Å². The highest BCUT2D eigenvalue weighted by Crippen LogP contribution is 2.58. The molecule has 1 amide bonds. The van der Waals surface area contributed by atoms with Gasteiger partial charge in [0.1, 0.15) is 12.4 Å². The van der Waals surface area contributed by atoms with E-state index in [1.165, 1.54) is 0 Å². The van der Waals surface area contributed by atoms with E-state index in [0.29, 0.717) is 18.6 Å². The van der Waals surface area contributed by atoms with Gasteiger partial charge in [-0.3, -0.25) is 4.79 Å². The van der Waals surface area contributed by atoms with Gasteiger partial charge in [-0.1, -0.05) is 15.9 Å². The van der Waals surface area contributed by atoms with Crippen molar-refractivity contribution in [1.82, 2.24) is 10.6 Å². The maximum absolute atomic E-state index is 12.1. The Morgan fingerprint density at radius 1 is 1.32 bits per heavy atom. The zero-order valence-electron chi connectivity index (χ0n) is 12.4. The molecule has 2 aliphatic rings. The lowest BCUT2D eigenvalue weighted by Gasteiger charge is -2.23. The normalized spacial score (nSPS) is 21.8. The Hall–Kier alpha value is -0.780. The second-order valence-electron chi connectivity index (χ2n) is 5.96. The first-order valence-electron chi connectivity index (χ1n) is 7.56.